The Morgan fingerprint density at radius 1 is 1.45 bits per heavy atom. The maximum Gasteiger partial charge on any atom is 0.269 e. The third-order valence-corrected chi connectivity index (χ3v) is 4.67. The topological polar surface area (TPSA) is 55.2 Å². The van der Waals surface area contributed by atoms with Crippen LogP contribution in [0.5, 0.6) is 0 Å². The van der Waals surface area contributed by atoms with Crippen LogP contribution in [0.15, 0.2) is 18.2 Å². The van der Waals surface area contributed by atoms with E-state index in [1.807, 2.05) is 0 Å². The van der Waals surface area contributed by atoms with Crippen molar-refractivity contribution in [2.45, 2.75) is 37.4 Å². The minimum Gasteiger partial charge on any atom is -0.367 e. The van der Waals surface area contributed by atoms with Crippen molar-refractivity contribution in [1.29, 1.82) is 0 Å². The van der Waals surface area contributed by atoms with Crippen molar-refractivity contribution in [2.24, 2.45) is 0 Å². The first-order valence-electron chi connectivity index (χ1n) is 6.80. The smallest absolute Gasteiger partial charge is 0.269 e. The highest BCUT2D eigenvalue weighted by Gasteiger charge is 2.48. The lowest BCUT2D eigenvalue weighted by molar-refractivity contribution is -0.385. The molecule has 0 saturated carbocycles. The second-order valence-electron chi connectivity index (χ2n) is 5.41. The molecule has 22 heavy (non-hydrogen) atoms. The van der Waals surface area contributed by atoms with Crippen molar-refractivity contribution in [1.82, 2.24) is 5.32 Å². The number of nitro groups is 1. The molecule has 1 N–H and O–H groups in total. The van der Waals surface area contributed by atoms with Gasteiger partial charge in [0, 0.05) is 17.7 Å². The lowest BCUT2D eigenvalue weighted by Gasteiger charge is -2.44. The monoisotopic (exact) mass is 332 g/mol. The van der Waals surface area contributed by atoms with Gasteiger partial charge in [-0.1, -0.05) is 19.1 Å². The van der Waals surface area contributed by atoms with Crippen molar-refractivity contribution in [3.63, 3.8) is 0 Å². The minimum atomic E-state index is -2.26. The van der Waals surface area contributed by atoms with Gasteiger partial charge in [0.2, 0.25) is 0 Å². The zero-order valence-electron chi connectivity index (χ0n) is 11.9. The number of rotatable bonds is 4. The fraction of sp³-hybridized carbons (Fsp3) is 0.500. The molecule has 1 aromatic carbocycles. The van der Waals surface area contributed by atoms with E-state index in [4.69, 9.17) is 12.2 Å². The summed E-state index contributed by atoms with van der Waals surface area (Å²) in [5.74, 6) is -0.644. The van der Waals surface area contributed by atoms with Crippen LogP contribution in [0.25, 0.3) is 0 Å². The summed E-state index contributed by atoms with van der Waals surface area (Å²) >= 11 is 4.90. The Kier molecular flexibility index (Phi) is 4.42. The van der Waals surface area contributed by atoms with Crippen LogP contribution >= 0.6 is 12.2 Å². The third kappa shape index (κ3) is 2.67. The van der Waals surface area contributed by atoms with E-state index in [9.17, 15) is 23.3 Å². The van der Waals surface area contributed by atoms with Crippen LogP contribution in [-0.4, -0.2) is 22.3 Å². The summed E-state index contributed by atoms with van der Waals surface area (Å²) in [5, 5.41) is 13.6. The fourth-order valence-electron chi connectivity index (χ4n) is 2.70. The van der Waals surface area contributed by atoms with Gasteiger partial charge in [0.05, 0.1) is 10.5 Å². The molecule has 1 saturated heterocycles. The average molecular weight is 332 g/mol. The fourth-order valence-corrected chi connectivity index (χ4v) is 3.05. The minimum absolute atomic E-state index is 0.0486. The Hall–Kier alpha value is -1.70. The number of thiocarbonyl (C=S) groups is 1. The molecule has 0 amide bonds. The molecule has 1 fully saturated rings. The van der Waals surface area contributed by atoms with Crippen molar-refractivity contribution >= 4 is 22.9 Å². The zero-order valence-corrected chi connectivity index (χ0v) is 12.7. The maximum atomic E-state index is 14.2. The van der Waals surface area contributed by atoms with Gasteiger partial charge in [-0.05, 0) is 25.3 Å². The number of nitrogens with zero attached hydrogens (tertiary/aromatic N) is 1. The molecule has 120 valence electrons. The van der Waals surface area contributed by atoms with Crippen LogP contribution in [0.4, 0.5) is 18.9 Å². The molecule has 1 aliphatic rings. The van der Waals surface area contributed by atoms with Crippen molar-refractivity contribution < 1.29 is 18.1 Å². The number of benzene rings is 1. The Bertz CT molecular complexity index is 628. The number of hydrogen-bond donors (Lipinski definition) is 1. The largest absolute Gasteiger partial charge is 0.367 e. The standard InChI is InChI=1S/C14H15F3N2O2S/c1-2-14(6-5-13(17,8-15)12(22)18-14)10-7-9(19(20)21)3-4-11(10)16/h3-4,7H,2,5-6,8H2,1H3,(H,18,22)/t13-,14+/m1/s1. The van der Waals surface area contributed by atoms with E-state index in [0.717, 1.165) is 18.2 Å². The normalized spacial score (nSPS) is 28.3. The summed E-state index contributed by atoms with van der Waals surface area (Å²) in [6.45, 7) is 0.477. The number of piperidine rings is 1. The van der Waals surface area contributed by atoms with E-state index in [0.29, 0.717) is 6.42 Å². The Labute approximate surface area is 130 Å². The molecule has 2 atom stereocenters. The Balaban J connectivity index is 2.47. The molecule has 0 bridgehead atoms. The molecule has 0 aromatic heterocycles. The molecule has 4 nitrogen and oxygen atoms in total. The number of non-ortho nitro benzene ring substituents is 1. The molecular formula is C14H15F3N2O2S. The summed E-state index contributed by atoms with van der Waals surface area (Å²) in [7, 11) is 0. The Morgan fingerprint density at radius 2 is 2.14 bits per heavy atom. The average Bonchev–Trinajstić information content (AvgIpc) is 2.50. The number of hydrogen-bond acceptors (Lipinski definition) is 3. The summed E-state index contributed by atoms with van der Waals surface area (Å²) in [6.07, 6.45) is 0.209. The predicted octanol–water partition coefficient (Wildman–Crippen LogP) is 3.73. The van der Waals surface area contributed by atoms with E-state index in [-0.39, 0.29) is 29.1 Å². The molecular weight excluding hydrogens is 317 g/mol. The summed E-state index contributed by atoms with van der Waals surface area (Å²) in [6, 6.07) is 3.18. The van der Waals surface area contributed by atoms with E-state index >= 15 is 0 Å². The van der Waals surface area contributed by atoms with Gasteiger partial charge < -0.3 is 5.32 Å². The van der Waals surface area contributed by atoms with Crippen LogP contribution in [0.3, 0.4) is 0 Å². The zero-order chi connectivity index (χ0) is 16.5. The number of nitro benzene ring substituents is 1. The molecule has 1 heterocycles. The lowest BCUT2D eigenvalue weighted by atomic mass is 9.76. The molecule has 0 aliphatic carbocycles. The van der Waals surface area contributed by atoms with Crippen LogP contribution in [0.2, 0.25) is 0 Å². The predicted molar refractivity (Wildman–Crippen MR) is 79.8 cm³/mol. The second kappa shape index (κ2) is 5.83. The summed E-state index contributed by atoms with van der Waals surface area (Å²) in [5.41, 5.74) is -3.55. The number of halogens is 3. The van der Waals surface area contributed by atoms with Gasteiger partial charge in [0.25, 0.3) is 5.69 Å². The maximum absolute atomic E-state index is 14.2. The van der Waals surface area contributed by atoms with Gasteiger partial charge in [-0.25, -0.2) is 13.2 Å². The van der Waals surface area contributed by atoms with E-state index in [2.05, 4.69) is 5.32 Å². The van der Waals surface area contributed by atoms with E-state index in [1.54, 1.807) is 6.92 Å². The van der Waals surface area contributed by atoms with Gasteiger partial charge in [0.15, 0.2) is 5.67 Å². The van der Waals surface area contributed by atoms with Crippen molar-refractivity contribution in [3.8, 4) is 0 Å². The van der Waals surface area contributed by atoms with E-state index < -0.39 is 28.6 Å². The van der Waals surface area contributed by atoms with Crippen LogP contribution in [0.1, 0.15) is 31.7 Å². The van der Waals surface area contributed by atoms with Crippen LogP contribution in [0, 0.1) is 15.9 Å². The highest BCUT2D eigenvalue weighted by atomic mass is 32.1. The third-order valence-electron chi connectivity index (χ3n) is 4.20. The quantitative estimate of drug-likeness (QED) is 0.519. The molecule has 1 aromatic rings. The molecule has 8 heteroatoms. The SMILES string of the molecule is CC[C@@]1(c2cc([N+](=O)[O-])ccc2F)CC[C@@](F)(CF)C(=S)N1. The van der Waals surface area contributed by atoms with Gasteiger partial charge >= 0.3 is 0 Å². The summed E-state index contributed by atoms with van der Waals surface area (Å²) in [4.78, 5) is 9.93. The van der Waals surface area contributed by atoms with Crippen molar-refractivity contribution in [2.75, 3.05) is 6.67 Å². The van der Waals surface area contributed by atoms with Gasteiger partial charge in [0.1, 0.15) is 17.5 Å². The highest BCUT2D eigenvalue weighted by Crippen LogP contribution is 2.41. The first-order chi connectivity index (χ1) is 10.3. The Morgan fingerprint density at radius 3 is 2.64 bits per heavy atom. The molecule has 0 unspecified atom stereocenters. The number of alkyl halides is 2. The van der Waals surface area contributed by atoms with Crippen LogP contribution < -0.4 is 5.32 Å². The van der Waals surface area contributed by atoms with E-state index in [1.165, 1.54) is 0 Å². The van der Waals surface area contributed by atoms with Gasteiger partial charge in [-0.15, -0.1) is 0 Å². The second-order valence-corrected chi connectivity index (χ2v) is 5.82. The highest BCUT2D eigenvalue weighted by molar-refractivity contribution is 7.80. The molecule has 2 rings (SSSR count). The van der Waals surface area contributed by atoms with Gasteiger partial charge in [-0.2, -0.15) is 0 Å². The lowest BCUT2D eigenvalue weighted by Crippen LogP contribution is -2.58. The molecule has 0 radical (unpaired) electrons. The first kappa shape index (κ1) is 16.7. The van der Waals surface area contributed by atoms with Gasteiger partial charge in [-0.3, -0.25) is 10.1 Å². The summed E-state index contributed by atoms with van der Waals surface area (Å²) < 4.78 is 41.3. The van der Waals surface area contributed by atoms with Crippen molar-refractivity contribution in [3.05, 3.63) is 39.7 Å². The van der Waals surface area contributed by atoms with Crippen LogP contribution in [-0.2, 0) is 5.54 Å². The number of nitrogens with one attached hydrogen (secondary N) is 1. The first-order valence-corrected chi connectivity index (χ1v) is 7.21. The molecule has 1 aliphatic heterocycles. The molecule has 0 spiro atoms.